The van der Waals surface area contributed by atoms with Gasteiger partial charge in [0.2, 0.25) is 35.3 Å². The van der Waals surface area contributed by atoms with Crippen molar-refractivity contribution in [3.63, 3.8) is 0 Å². The normalized spacial score (nSPS) is 12.2. The first kappa shape index (κ1) is 38.2. The number of pyridine rings is 2. The van der Waals surface area contributed by atoms with Crippen molar-refractivity contribution in [2.45, 2.75) is 66.3 Å². The molecule has 4 aromatic rings. The quantitative estimate of drug-likeness (QED) is 0.114. The predicted molar refractivity (Wildman–Crippen MR) is 194 cm³/mol. The van der Waals surface area contributed by atoms with Crippen molar-refractivity contribution < 1.29 is 28.5 Å². The van der Waals surface area contributed by atoms with E-state index in [1.54, 1.807) is 26.0 Å². The zero-order valence-corrected chi connectivity index (χ0v) is 30.6. The molecule has 0 saturated carbocycles. The zero-order chi connectivity index (χ0) is 36.5. The van der Waals surface area contributed by atoms with E-state index in [0.29, 0.717) is 40.2 Å². The number of nitrogens with one attached hydrogen (secondary N) is 1. The van der Waals surface area contributed by atoms with Gasteiger partial charge in [0, 0.05) is 23.6 Å². The summed E-state index contributed by atoms with van der Waals surface area (Å²) in [5.74, 6) is 0.0911. The lowest BCUT2D eigenvalue weighted by molar-refractivity contribution is -0.121. The van der Waals surface area contributed by atoms with Gasteiger partial charge in [-0.1, -0.05) is 66.5 Å². The molecule has 5 N–H and O–H groups in total. The molecule has 50 heavy (non-hydrogen) atoms. The van der Waals surface area contributed by atoms with Crippen LogP contribution in [0.4, 0.5) is 0 Å². The van der Waals surface area contributed by atoms with E-state index in [1.807, 2.05) is 38.1 Å². The Labute approximate surface area is 302 Å². The van der Waals surface area contributed by atoms with Gasteiger partial charge in [0.25, 0.3) is 0 Å². The second-order valence-corrected chi connectivity index (χ2v) is 12.8. The van der Waals surface area contributed by atoms with Gasteiger partial charge in [-0.3, -0.25) is 9.59 Å². The number of carbonyl (C=O) groups excluding carboxylic acids is 2. The van der Waals surface area contributed by atoms with Crippen molar-refractivity contribution in [3.05, 3.63) is 92.0 Å². The number of ether oxygens (including phenoxy) is 4. The van der Waals surface area contributed by atoms with Gasteiger partial charge in [0.1, 0.15) is 23.3 Å². The number of amides is 2. The SMILES string of the molecule is COc1nc(OCc2cccc(-c3cccc(COc4nc(OC)c(CN[C@@H](C)C(N)=O)cc4Cl)c3C)c2C)c(Cl)cc1CC[C@@H](C)C(N)=O. The summed E-state index contributed by atoms with van der Waals surface area (Å²) in [5, 5.41) is 3.68. The molecule has 0 saturated heterocycles. The molecular weight excluding hydrogens is 681 g/mol. The fourth-order valence-electron chi connectivity index (χ4n) is 5.28. The van der Waals surface area contributed by atoms with E-state index in [2.05, 4.69) is 27.4 Å². The van der Waals surface area contributed by atoms with Gasteiger partial charge in [-0.05, 0) is 79.1 Å². The topological polar surface area (TPSA) is 161 Å². The molecule has 0 aliphatic rings. The van der Waals surface area contributed by atoms with Crippen LogP contribution in [-0.4, -0.2) is 42.0 Å². The third kappa shape index (κ3) is 9.35. The Hall–Kier alpha value is -4.58. The van der Waals surface area contributed by atoms with Gasteiger partial charge in [0.15, 0.2) is 0 Å². The van der Waals surface area contributed by atoms with E-state index >= 15 is 0 Å². The van der Waals surface area contributed by atoms with Gasteiger partial charge < -0.3 is 35.7 Å². The van der Waals surface area contributed by atoms with Crippen molar-refractivity contribution in [3.8, 4) is 34.6 Å². The number of aromatic nitrogens is 2. The minimum Gasteiger partial charge on any atom is -0.481 e. The lowest BCUT2D eigenvalue weighted by atomic mass is 9.92. The lowest BCUT2D eigenvalue weighted by Crippen LogP contribution is -2.38. The van der Waals surface area contributed by atoms with E-state index < -0.39 is 11.9 Å². The van der Waals surface area contributed by atoms with E-state index in [-0.39, 0.29) is 43.3 Å². The van der Waals surface area contributed by atoms with Crippen molar-refractivity contribution in [2.24, 2.45) is 17.4 Å². The first-order chi connectivity index (χ1) is 23.8. The van der Waals surface area contributed by atoms with Crippen LogP contribution in [0.5, 0.6) is 23.5 Å². The number of methoxy groups -OCH3 is 2. The van der Waals surface area contributed by atoms with Crippen molar-refractivity contribution in [1.29, 1.82) is 0 Å². The second kappa shape index (κ2) is 17.4. The van der Waals surface area contributed by atoms with Gasteiger partial charge in [0.05, 0.1) is 20.3 Å². The van der Waals surface area contributed by atoms with Crippen LogP contribution >= 0.6 is 23.2 Å². The molecule has 2 amide bonds. The number of hydrogen-bond donors (Lipinski definition) is 3. The van der Waals surface area contributed by atoms with Gasteiger partial charge in [-0.2, -0.15) is 9.97 Å². The Bertz CT molecular complexity index is 1720. The number of hydrogen-bond acceptors (Lipinski definition) is 9. The molecule has 13 heteroatoms. The number of carbonyl (C=O) groups is 2. The molecule has 0 unspecified atom stereocenters. The van der Waals surface area contributed by atoms with E-state index in [1.165, 1.54) is 14.2 Å². The molecule has 0 spiro atoms. The lowest BCUT2D eigenvalue weighted by Gasteiger charge is -2.18. The molecule has 0 aliphatic heterocycles. The van der Waals surface area contributed by atoms with Crippen LogP contribution in [0.1, 0.15) is 53.6 Å². The fourth-order valence-corrected chi connectivity index (χ4v) is 5.74. The van der Waals surface area contributed by atoms with Crippen LogP contribution in [0.3, 0.4) is 0 Å². The summed E-state index contributed by atoms with van der Waals surface area (Å²) in [5.41, 5.74) is 18.3. The summed E-state index contributed by atoms with van der Waals surface area (Å²) in [6.45, 7) is 8.29. The number of benzene rings is 2. The van der Waals surface area contributed by atoms with E-state index in [0.717, 1.165) is 38.9 Å². The molecule has 11 nitrogen and oxygen atoms in total. The zero-order valence-electron chi connectivity index (χ0n) is 29.1. The van der Waals surface area contributed by atoms with E-state index in [4.69, 9.17) is 53.6 Å². The minimum absolute atomic E-state index is 0.219. The number of nitrogens with two attached hydrogens (primary N) is 2. The van der Waals surface area contributed by atoms with Crippen molar-refractivity contribution in [1.82, 2.24) is 15.3 Å². The molecule has 2 atom stereocenters. The third-order valence-corrected chi connectivity index (χ3v) is 9.16. The molecule has 0 aliphatic carbocycles. The first-order valence-electron chi connectivity index (χ1n) is 16.1. The average molecular weight is 725 g/mol. The third-order valence-electron chi connectivity index (χ3n) is 8.62. The Morgan fingerprint density at radius 1 is 0.740 bits per heavy atom. The van der Waals surface area contributed by atoms with Crippen LogP contribution in [-0.2, 0) is 35.8 Å². The molecule has 2 aromatic heterocycles. The highest BCUT2D eigenvalue weighted by atomic mass is 35.5. The summed E-state index contributed by atoms with van der Waals surface area (Å²) < 4.78 is 23.1. The minimum atomic E-state index is -0.532. The molecule has 0 radical (unpaired) electrons. The first-order valence-corrected chi connectivity index (χ1v) is 16.8. The summed E-state index contributed by atoms with van der Waals surface area (Å²) in [4.78, 5) is 31.8. The Morgan fingerprint density at radius 2 is 1.22 bits per heavy atom. The molecule has 4 rings (SSSR count). The molecule has 2 heterocycles. The highest BCUT2D eigenvalue weighted by molar-refractivity contribution is 6.32. The molecule has 266 valence electrons. The molecule has 0 fully saturated rings. The molecule has 2 aromatic carbocycles. The average Bonchev–Trinajstić information content (AvgIpc) is 3.09. The van der Waals surface area contributed by atoms with Gasteiger partial charge in [-0.15, -0.1) is 0 Å². The Balaban J connectivity index is 1.49. The maximum absolute atomic E-state index is 11.5. The Morgan fingerprint density at radius 3 is 1.68 bits per heavy atom. The largest absolute Gasteiger partial charge is 0.481 e. The van der Waals surface area contributed by atoms with Crippen molar-refractivity contribution >= 4 is 35.0 Å². The number of primary amides is 2. The monoisotopic (exact) mass is 723 g/mol. The standard InChI is InChI=1S/C37H43Cl2N5O6/c1-20(32(40)45)13-14-24-15-30(38)36(43-34(24)47-5)49-18-25-9-7-11-28(21(25)2)29-12-8-10-26(22(29)3)19-50-37-31(39)16-27(35(44-37)48-6)17-42-23(4)33(41)46/h7-12,15-16,20,23,42H,13-14,17-19H2,1-6H3,(H2,40,45)(H2,41,46)/t20-,23+/m1/s1. The number of nitrogens with zero attached hydrogens (tertiary/aromatic N) is 2. The van der Waals surface area contributed by atoms with Gasteiger partial charge in [-0.25, -0.2) is 0 Å². The maximum atomic E-state index is 11.5. The molecular formula is C37H43Cl2N5O6. The van der Waals surface area contributed by atoms with Crippen LogP contribution in [0.2, 0.25) is 10.0 Å². The van der Waals surface area contributed by atoms with Crippen molar-refractivity contribution in [2.75, 3.05) is 14.2 Å². The second-order valence-electron chi connectivity index (χ2n) is 12.0. The smallest absolute Gasteiger partial charge is 0.236 e. The van der Waals surface area contributed by atoms with Crippen LogP contribution in [0.15, 0.2) is 48.5 Å². The molecule has 0 bridgehead atoms. The van der Waals surface area contributed by atoms with E-state index in [9.17, 15) is 9.59 Å². The predicted octanol–water partition coefficient (Wildman–Crippen LogP) is 6.26. The highest BCUT2D eigenvalue weighted by Gasteiger charge is 2.19. The number of rotatable bonds is 17. The fraction of sp³-hybridized carbons (Fsp3) is 0.351. The number of aryl methyl sites for hydroxylation is 1. The summed E-state index contributed by atoms with van der Waals surface area (Å²) >= 11 is 13.1. The van der Waals surface area contributed by atoms with Crippen LogP contribution < -0.4 is 35.7 Å². The summed E-state index contributed by atoms with van der Waals surface area (Å²) in [6.07, 6.45) is 1.08. The maximum Gasteiger partial charge on any atom is 0.236 e. The summed E-state index contributed by atoms with van der Waals surface area (Å²) in [6, 6.07) is 15.0. The Kier molecular flexibility index (Phi) is 13.3. The number of halogens is 2. The summed E-state index contributed by atoms with van der Waals surface area (Å²) in [7, 11) is 3.04. The highest BCUT2D eigenvalue weighted by Crippen LogP contribution is 2.34. The van der Waals surface area contributed by atoms with Gasteiger partial charge >= 0.3 is 0 Å². The van der Waals surface area contributed by atoms with Crippen LogP contribution in [0.25, 0.3) is 11.1 Å². The van der Waals surface area contributed by atoms with Crippen LogP contribution in [0, 0.1) is 19.8 Å².